The van der Waals surface area contributed by atoms with Crippen LogP contribution < -0.4 is 0 Å². The lowest BCUT2D eigenvalue weighted by Crippen LogP contribution is -2.11. The summed E-state index contributed by atoms with van der Waals surface area (Å²) in [6.07, 6.45) is 7.83. The van der Waals surface area contributed by atoms with Crippen LogP contribution in [0.15, 0.2) is 18.2 Å². The van der Waals surface area contributed by atoms with E-state index in [0.29, 0.717) is 14.9 Å². The van der Waals surface area contributed by atoms with Crippen molar-refractivity contribution in [3.05, 3.63) is 33.8 Å². The summed E-state index contributed by atoms with van der Waals surface area (Å²) >= 11 is 15.8. The highest BCUT2D eigenvalue weighted by atomic mass is 79.9. The van der Waals surface area contributed by atoms with Crippen LogP contribution in [-0.2, 0) is 6.42 Å². The summed E-state index contributed by atoms with van der Waals surface area (Å²) in [5.74, 6) is 0.873. The van der Waals surface area contributed by atoms with Gasteiger partial charge in [0.05, 0.1) is 10.0 Å². The van der Waals surface area contributed by atoms with Gasteiger partial charge in [-0.05, 0) is 49.3 Å². The zero-order valence-electron chi connectivity index (χ0n) is 9.76. The zero-order valence-corrected chi connectivity index (χ0v) is 12.9. The van der Waals surface area contributed by atoms with E-state index in [4.69, 9.17) is 23.2 Å². The SMILES string of the molecule is Clc1ccc(CCC(Br)C2CCCC2)cc1Cl. The number of hydrogen-bond donors (Lipinski definition) is 0. The summed E-state index contributed by atoms with van der Waals surface area (Å²) in [4.78, 5) is 0.652. The molecule has 0 bridgehead atoms. The zero-order chi connectivity index (χ0) is 12.3. The van der Waals surface area contributed by atoms with Crippen molar-refractivity contribution in [1.29, 1.82) is 0 Å². The van der Waals surface area contributed by atoms with Gasteiger partial charge < -0.3 is 0 Å². The van der Waals surface area contributed by atoms with Gasteiger partial charge in [-0.3, -0.25) is 0 Å². The molecule has 1 fully saturated rings. The van der Waals surface area contributed by atoms with E-state index in [-0.39, 0.29) is 0 Å². The Kier molecular flexibility index (Phi) is 5.20. The van der Waals surface area contributed by atoms with Gasteiger partial charge in [0, 0.05) is 4.83 Å². The molecule has 1 saturated carbocycles. The average Bonchev–Trinajstić information content (AvgIpc) is 2.84. The van der Waals surface area contributed by atoms with Crippen LogP contribution in [0.25, 0.3) is 0 Å². The molecular weight excluding hydrogens is 319 g/mol. The highest BCUT2D eigenvalue weighted by Crippen LogP contribution is 2.34. The van der Waals surface area contributed by atoms with Gasteiger partial charge in [-0.15, -0.1) is 0 Å². The second kappa shape index (κ2) is 6.45. The van der Waals surface area contributed by atoms with Gasteiger partial charge in [0.15, 0.2) is 0 Å². The Morgan fingerprint density at radius 2 is 1.88 bits per heavy atom. The van der Waals surface area contributed by atoms with Crippen LogP contribution in [0.3, 0.4) is 0 Å². The van der Waals surface area contributed by atoms with Crippen molar-refractivity contribution in [3.63, 3.8) is 0 Å². The monoisotopic (exact) mass is 334 g/mol. The first-order valence-electron chi connectivity index (χ1n) is 6.25. The molecule has 1 aromatic carbocycles. The Hall–Kier alpha value is 0.280. The minimum Gasteiger partial charge on any atom is -0.0888 e. The largest absolute Gasteiger partial charge is 0.0888 e. The number of alkyl halides is 1. The van der Waals surface area contributed by atoms with E-state index in [1.165, 1.54) is 37.7 Å². The normalized spacial score (nSPS) is 18.5. The van der Waals surface area contributed by atoms with Gasteiger partial charge in [0.2, 0.25) is 0 Å². The van der Waals surface area contributed by atoms with Crippen LogP contribution in [0.5, 0.6) is 0 Å². The molecule has 1 aliphatic carbocycles. The van der Waals surface area contributed by atoms with Crippen LogP contribution in [0, 0.1) is 5.92 Å². The molecule has 1 aliphatic rings. The molecule has 0 aromatic heterocycles. The fourth-order valence-corrected chi connectivity index (χ4v) is 3.63. The minimum atomic E-state index is 0.640. The number of rotatable bonds is 4. The van der Waals surface area contributed by atoms with E-state index in [0.717, 1.165) is 12.3 Å². The Morgan fingerprint density at radius 1 is 1.18 bits per heavy atom. The highest BCUT2D eigenvalue weighted by Gasteiger charge is 2.22. The third-order valence-electron chi connectivity index (χ3n) is 3.60. The molecule has 94 valence electrons. The fourth-order valence-electron chi connectivity index (χ4n) is 2.55. The summed E-state index contributed by atoms with van der Waals surface area (Å²) in [6, 6.07) is 5.94. The molecule has 0 saturated heterocycles. The van der Waals surface area contributed by atoms with Gasteiger partial charge in [-0.25, -0.2) is 0 Å². The second-order valence-electron chi connectivity index (χ2n) is 4.85. The van der Waals surface area contributed by atoms with Crippen molar-refractivity contribution in [2.24, 2.45) is 5.92 Å². The van der Waals surface area contributed by atoms with Crippen LogP contribution >= 0.6 is 39.1 Å². The van der Waals surface area contributed by atoms with Crippen molar-refractivity contribution >= 4 is 39.1 Å². The van der Waals surface area contributed by atoms with Gasteiger partial charge in [0.25, 0.3) is 0 Å². The molecule has 0 aliphatic heterocycles. The number of hydrogen-bond acceptors (Lipinski definition) is 0. The van der Waals surface area contributed by atoms with E-state index >= 15 is 0 Å². The maximum Gasteiger partial charge on any atom is 0.0595 e. The van der Waals surface area contributed by atoms with Crippen LogP contribution in [0.4, 0.5) is 0 Å². The number of aryl methyl sites for hydroxylation is 1. The molecule has 0 amide bonds. The molecular formula is C14H17BrCl2. The van der Waals surface area contributed by atoms with E-state index in [9.17, 15) is 0 Å². The lowest BCUT2D eigenvalue weighted by molar-refractivity contribution is 0.506. The summed E-state index contributed by atoms with van der Waals surface area (Å²) in [5.41, 5.74) is 1.28. The van der Waals surface area contributed by atoms with E-state index in [2.05, 4.69) is 22.0 Å². The van der Waals surface area contributed by atoms with Gasteiger partial charge in [-0.2, -0.15) is 0 Å². The quantitative estimate of drug-likeness (QED) is 0.603. The number of benzene rings is 1. The Labute approximate surface area is 122 Å². The molecule has 1 unspecified atom stereocenters. The van der Waals surface area contributed by atoms with E-state index < -0.39 is 0 Å². The third-order valence-corrected chi connectivity index (χ3v) is 5.55. The predicted molar refractivity (Wildman–Crippen MR) is 79.5 cm³/mol. The lowest BCUT2D eigenvalue weighted by Gasteiger charge is -2.16. The second-order valence-corrected chi connectivity index (χ2v) is 6.84. The smallest absolute Gasteiger partial charge is 0.0595 e. The van der Waals surface area contributed by atoms with E-state index in [1.54, 1.807) is 0 Å². The standard InChI is InChI=1S/C14H17BrCl2/c15-12(11-3-1-2-4-11)7-5-10-6-8-13(16)14(17)9-10/h6,8-9,11-12H,1-5,7H2. The molecule has 0 N–H and O–H groups in total. The average molecular weight is 336 g/mol. The van der Waals surface area contributed by atoms with Crippen LogP contribution in [0.1, 0.15) is 37.7 Å². The Morgan fingerprint density at radius 3 is 2.53 bits per heavy atom. The summed E-state index contributed by atoms with van der Waals surface area (Å²) in [6.45, 7) is 0. The molecule has 0 radical (unpaired) electrons. The van der Waals surface area contributed by atoms with Gasteiger partial charge in [0.1, 0.15) is 0 Å². The van der Waals surface area contributed by atoms with Gasteiger partial charge >= 0.3 is 0 Å². The van der Waals surface area contributed by atoms with Crippen molar-refractivity contribution in [3.8, 4) is 0 Å². The summed E-state index contributed by atoms with van der Waals surface area (Å²) < 4.78 is 0. The van der Waals surface area contributed by atoms with Crippen LogP contribution in [0.2, 0.25) is 10.0 Å². The van der Waals surface area contributed by atoms with Crippen LogP contribution in [-0.4, -0.2) is 4.83 Å². The highest BCUT2D eigenvalue weighted by molar-refractivity contribution is 9.09. The van der Waals surface area contributed by atoms with Crippen molar-refractivity contribution < 1.29 is 0 Å². The summed E-state index contributed by atoms with van der Waals surface area (Å²) in [7, 11) is 0. The maximum atomic E-state index is 6.01. The molecule has 1 aromatic rings. The first-order chi connectivity index (χ1) is 8.16. The topological polar surface area (TPSA) is 0 Å². The first kappa shape index (κ1) is 13.7. The first-order valence-corrected chi connectivity index (χ1v) is 7.92. The van der Waals surface area contributed by atoms with Crippen molar-refractivity contribution in [2.75, 3.05) is 0 Å². The van der Waals surface area contributed by atoms with E-state index in [1.807, 2.05) is 12.1 Å². The minimum absolute atomic E-state index is 0.640. The molecule has 0 spiro atoms. The fraction of sp³-hybridized carbons (Fsp3) is 0.571. The third kappa shape index (κ3) is 3.87. The molecule has 0 nitrogen and oxygen atoms in total. The number of halogens is 3. The molecule has 0 heterocycles. The molecule has 3 heteroatoms. The lowest BCUT2D eigenvalue weighted by atomic mass is 9.98. The van der Waals surface area contributed by atoms with Gasteiger partial charge in [-0.1, -0.05) is 58.0 Å². The van der Waals surface area contributed by atoms with Crippen molar-refractivity contribution in [1.82, 2.24) is 0 Å². The predicted octanol–water partition coefficient (Wildman–Crippen LogP) is 5.88. The Balaban J connectivity index is 1.86. The maximum absolute atomic E-state index is 6.01. The van der Waals surface area contributed by atoms with Crippen molar-refractivity contribution in [2.45, 2.75) is 43.4 Å². The summed E-state index contributed by atoms with van der Waals surface area (Å²) in [5, 5.41) is 1.30. The molecule has 17 heavy (non-hydrogen) atoms. The Bertz CT molecular complexity index is 372. The molecule has 1 atom stereocenters. The molecule has 2 rings (SSSR count).